The normalized spacial score (nSPS) is 12.8. The molecule has 0 fully saturated rings. The van der Waals surface area contributed by atoms with Crippen molar-refractivity contribution in [1.29, 1.82) is 0 Å². The lowest BCUT2D eigenvalue weighted by Crippen LogP contribution is -2.24. The summed E-state index contributed by atoms with van der Waals surface area (Å²) in [5, 5.41) is 3.40. The minimum atomic E-state index is -4.89. The maximum atomic E-state index is 12.8. The summed E-state index contributed by atoms with van der Waals surface area (Å²) >= 11 is 0. The van der Waals surface area contributed by atoms with Crippen molar-refractivity contribution in [3.8, 4) is 0 Å². The lowest BCUT2D eigenvalue weighted by atomic mass is 10.1. The molecule has 1 aromatic heterocycles. The third-order valence-electron chi connectivity index (χ3n) is 2.79. The van der Waals surface area contributed by atoms with Gasteiger partial charge in [-0.1, -0.05) is 18.2 Å². The van der Waals surface area contributed by atoms with Crippen LogP contribution in [0.15, 0.2) is 40.2 Å². The fourth-order valence-electron chi connectivity index (χ4n) is 1.74. The van der Waals surface area contributed by atoms with E-state index in [0.717, 1.165) is 18.2 Å². The molecule has 0 saturated carbocycles. The number of hydrogen-bond donors (Lipinski definition) is 1. The molecule has 1 aromatic carbocycles. The van der Waals surface area contributed by atoms with Gasteiger partial charge in [-0.3, -0.25) is 4.79 Å². The third-order valence-corrected chi connectivity index (χ3v) is 2.79. The molecule has 2 rings (SSSR count). The maximum absolute atomic E-state index is 12.8. The first-order chi connectivity index (χ1) is 11.0. The molecule has 5 nitrogen and oxygen atoms in total. The lowest BCUT2D eigenvalue weighted by molar-refractivity contribution is -0.141. The largest absolute Gasteiger partial charge is 0.433 e. The molecule has 0 atom stereocenters. The molecule has 0 saturated heterocycles. The number of benzene rings is 1. The number of anilines is 1. The lowest BCUT2D eigenvalue weighted by Gasteiger charge is -2.10. The van der Waals surface area contributed by atoms with Crippen LogP contribution in [0.5, 0.6) is 0 Å². The van der Waals surface area contributed by atoms with Crippen molar-refractivity contribution in [2.24, 2.45) is 5.10 Å². The predicted molar refractivity (Wildman–Crippen MR) is 72.3 cm³/mol. The average Bonchev–Trinajstić information content (AvgIpc) is 2.44. The van der Waals surface area contributed by atoms with E-state index < -0.39 is 40.7 Å². The molecule has 0 radical (unpaired) electrons. The van der Waals surface area contributed by atoms with Gasteiger partial charge in [0.05, 0.1) is 11.8 Å². The molecule has 2 N–H and O–H groups in total. The minimum Gasteiger partial charge on any atom is -0.368 e. The van der Waals surface area contributed by atoms with Crippen LogP contribution in [0, 0.1) is 0 Å². The first-order valence-corrected chi connectivity index (χ1v) is 6.17. The van der Waals surface area contributed by atoms with Crippen molar-refractivity contribution in [1.82, 2.24) is 9.66 Å². The number of aromatic nitrogens is 2. The quantitative estimate of drug-likeness (QED) is 0.669. The average molecular weight is 350 g/mol. The van der Waals surface area contributed by atoms with Crippen LogP contribution < -0.4 is 11.3 Å². The molecule has 2 aromatic rings. The standard InChI is InChI=1S/C13H8F6N4O/c14-12(15,16)8-4-2-1-3-7(8)6-21-23-10(24)5-9(13(17,18)19)22-11(23)20/h1-6H,(H2,20,22)/b21-6+. The summed E-state index contributed by atoms with van der Waals surface area (Å²) in [5.74, 6) is -0.907. The van der Waals surface area contributed by atoms with Crippen molar-refractivity contribution < 1.29 is 26.3 Å². The van der Waals surface area contributed by atoms with Gasteiger partial charge in [0.2, 0.25) is 5.95 Å². The highest BCUT2D eigenvalue weighted by molar-refractivity contribution is 5.82. The molecule has 1 heterocycles. The monoisotopic (exact) mass is 350 g/mol. The second-order valence-electron chi connectivity index (χ2n) is 4.48. The summed E-state index contributed by atoms with van der Waals surface area (Å²) in [6.45, 7) is 0. The van der Waals surface area contributed by atoms with Gasteiger partial charge in [-0.25, -0.2) is 4.98 Å². The summed E-state index contributed by atoms with van der Waals surface area (Å²) in [6, 6.07) is 4.46. The Morgan fingerprint density at radius 1 is 1.08 bits per heavy atom. The van der Waals surface area contributed by atoms with Gasteiger partial charge in [0.25, 0.3) is 5.56 Å². The highest BCUT2D eigenvalue weighted by atomic mass is 19.4. The van der Waals surface area contributed by atoms with Gasteiger partial charge in [-0.2, -0.15) is 36.1 Å². The first kappa shape index (κ1) is 17.5. The number of hydrogen-bond acceptors (Lipinski definition) is 4. The summed E-state index contributed by atoms with van der Waals surface area (Å²) < 4.78 is 76.2. The van der Waals surface area contributed by atoms with Gasteiger partial charge in [0.15, 0.2) is 5.69 Å². The molecule has 0 bridgehead atoms. The second kappa shape index (κ2) is 5.98. The van der Waals surface area contributed by atoms with Crippen LogP contribution in [0.1, 0.15) is 16.8 Å². The fraction of sp³-hybridized carbons (Fsp3) is 0.154. The summed E-state index contributed by atoms with van der Waals surface area (Å²) in [6.07, 6.45) is -8.90. The van der Waals surface area contributed by atoms with Crippen LogP contribution in [0.2, 0.25) is 0 Å². The molecule has 0 aliphatic carbocycles. The van der Waals surface area contributed by atoms with E-state index in [1.54, 1.807) is 0 Å². The number of alkyl halides is 6. The smallest absolute Gasteiger partial charge is 0.368 e. The topological polar surface area (TPSA) is 73.3 Å². The molecule has 0 unspecified atom stereocenters. The van der Waals surface area contributed by atoms with Crippen molar-refractivity contribution in [3.63, 3.8) is 0 Å². The molecule has 0 amide bonds. The van der Waals surface area contributed by atoms with E-state index in [0.29, 0.717) is 6.21 Å². The van der Waals surface area contributed by atoms with E-state index in [1.807, 2.05) is 0 Å². The number of rotatable bonds is 2. The van der Waals surface area contributed by atoms with Crippen molar-refractivity contribution in [2.45, 2.75) is 12.4 Å². The number of nitrogens with two attached hydrogens (primary N) is 1. The van der Waals surface area contributed by atoms with Gasteiger partial charge in [-0.05, 0) is 6.07 Å². The van der Waals surface area contributed by atoms with Crippen LogP contribution >= 0.6 is 0 Å². The molecule has 0 aliphatic rings. The fourth-order valence-corrected chi connectivity index (χ4v) is 1.74. The molecular weight excluding hydrogens is 342 g/mol. The van der Waals surface area contributed by atoms with Gasteiger partial charge in [0, 0.05) is 11.6 Å². The number of halogens is 6. The van der Waals surface area contributed by atoms with Crippen LogP contribution in [0.25, 0.3) is 0 Å². The van der Waals surface area contributed by atoms with Crippen molar-refractivity contribution >= 4 is 12.2 Å². The Balaban J connectivity index is 2.47. The Labute approximate surface area is 130 Å². The number of nitrogens with zero attached hydrogens (tertiary/aromatic N) is 3. The molecule has 0 aliphatic heterocycles. The van der Waals surface area contributed by atoms with Crippen molar-refractivity contribution in [2.75, 3.05) is 5.73 Å². The summed E-state index contributed by atoms with van der Waals surface area (Å²) in [7, 11) is 0. The molecule has 24 heavy (non-hydrogen) atoms. The maximum Gasteiger partial charge on any atom is 0.433 e. The highest BCUT2D eigenvalue weighted by Gasteiger charge is 2.34. The zero-order chi connectivity index (χ0) is 18.1. The molecule has 128 valence electrons. The third kappa shape index (κ3) is 3.73. The van der Waals surface area contributed by atoms with Crippen molar-refractivity contribution in [3.05, 3.63) is 57.5 Å². The SMILES string of the molecule is Nc1nc(C(F)(F)F)cc(=O)n1/N=C/c1ccccc1C(F)(F)F. The number of nitrogen functional groups attached to an aromatic ring is 1. The zero-order valence-corrected chi connectivity index (χ0v) is 11.6. The minimum absolute atomic E-state index is 0.142. The Hall–Kier alpha value is -2.85. The summed E-state index contributed by atoms with van der Waals surface area (Å²) in [5.41, 5.74) is 1.000. The van der Waals surface area contributed by atoms with Crippen LogP contribution in [-0.4, -0.2) is 15.9 Å². The van der Waals surface area contributed by atoms with E-state index in [4.69, 9.17) is 5.73 Å². The van der Waals surface area contributed by atoms with Gasteiger partial charge in [0.1, 0.15) is 0 Å². The molecular formula is C13H8F6N4O. The Morgan fingerprint density at radius 3 is 2.25 bits per heavy atom. The van der Waals surface area contributed by atoms with Crippen LogP contribution in [0.3, 0.4) is 0 Å². The highest BCUT2D eigenvalue weighted by Crippen LogP contribution is 2.31. The van der Waals surface area contributed by atoms with Gasteiger partial charge in [-0.15, -0.1) is 0 Å². The van der Waals surface area contributed by atoms with Crippen LogP contribution in [0.4, 0.5) is 32.3 Å². The van der Waals surface area contributed by atoms with E-state index in [2.05, 4.69) is 10.1 Å². The predicted octanol–water partition coefficient (Wildman–Crippen LogP) is 2.75. The van der Waals surface area contributed by atoms with E-state index in [-0.39, 0.29) is 10.7 Å². The Morgan fingerprint density at radius 2 is 1.71 bits per heavy atom. The molecule has 11 heteroatoms. The van der Waals surface area contributed by atoms with Crippen LogP contribution in [-0.2, 0) is 12.4 Å². The van der Waals surface area contributed by atoms with Gasteiger partial charge < -0.3 is 5.73 Å². The molecule has 0 spiro atoms. The Kier molecular flexibility index (Phi) is 4.36. The second-order valence-corrected chi connectivity index (χ2v) is 4.48. The van der Waals surface area contributed by atoms with Gasteiger partial charge >= 0.3 is 12.4 Å². The van der Waals surface area contributed by atoms with E-state index in [1.165, 1.54) is 6.07 Å². The zero-order valence-electron chi connectivity index (χ0n) is 11.6. The first-order valence-electron chi connectivity index (χ1n) is 6.17. The van der Waals surface area contributed by atoms with E-state index >= 15 is 0 Å². The summed E-state index contributed by atoms with van der Waals surface area (Å²) in [4.78, 5) is 14.6. The van der Waals surface area contributed by atoms with E-state index in [9.17, 15) is 31.1 Å². The Bertz CT molecular complexity index is 838.